The minimum atomic E-state index is -0.00141. The van der Waals surface area contributed by atoms with Gasteiger partial charge in [-0.1, -0.05) is 24.3 Å². The van der Waals surface area contributed by atoms with E-state index in [4.69, 9.17) is 4.74 Å². The molecule has 1 aromatic heterocycles. The van der Waals surface area contributed by atoms with E-state index in [0.29, 0.717) is 0 Å². The predicted molar refractivity (Wildman–Crippen MR) is 107 cm³/mol. The number of aromatic nitrogens is 1. The monoisotopic (exact) mass is 347 g/mol. The molecule has 0 aliphatic carbocycles. The fourth-order valence-electron chi connectivity index (χ4n) is 3.61. The zero-order valence-corrected chi connectivity index (χ0v) is 15.4. The highest BCUT2D eigenvalue weighted by Gasteiger charge is 2.29. The maximum atomic E-state index is 5.84. The number of anilines is 2. The molecule has 26 heavy (non-hydrogen) atoms. The molecule has 1 saturated heterocycles. The lowest BCUT2D eigenvalue weighted by atomic mass is 10.0. The summed E-state index contributed by atoms with van der Waals surface area (Å²) in [5.74, 6) is 0. The summed E-state index contributed by atoms with van der Waals surface area (Å²) >= 11 is 0. The topological polar surface area (TPSA) is 37.4 Å². The minimum Gasteiger partial charge on any atom is -0.378 e. The van der Waals surface area contributed by atoms with Crippen molar-refractivity contribution in [2.24, 2.45) is 0 Å². The third-order valence-corrected chi connectivity index (χ3v) is 4.75. The van der Waals surface area contributed by atoms with Gasteiger partial charge in [-0.2, -0.15) is 0 Å². The summed E-state index contributed by atoms with van der Waals surface area (Å²) in [5, 5.41) is 4.87. The van der Waals surface area contributed by atoms with Gasteiger partial charge in [0.15, 0.2) is 0 Å². The van der Waals surface area contributed by atoms with Crippen LogP contribution in [-0.2, 0) is 4.74 Å². The molecular weight excluding hydrogens is 322 g/mol. The Morgan fingerprint density at radius 2 is 1.92 bits per heavy atom. The third kappa shape index (κ3) is 3.71. The summed E-state index contributed by atoms with van der Waals surface area (Å²) < 4.78 is 5.84. The summed E-state index contributed by atoms with van der Waals surface area (Å²) in [6.07, 6.45) is 1.84. The van der Waals surface area contributed by atoms with Crippen molar-refractivity contribution < 1.29 is 4.74 Å². The first-order chi connectivity index (χ1) is 12.6. The predicted octanol–water partition coefficient (Wildman–Crippen LogP) is 4.14. The number of rotatable bonds is 4. The lowest BCUT2D eigenvalue weighted by Gasteiger charge is -2.39. The van der Waals surface area contributed by atoms with Crippen molar-refractivity contribution in [2.45, 2.75) is 25.4 Å². The highest BCUT2D eigenvalue weighted by molar-refractivity contribution is 5.83. The molecule has 0 saturated carbocycles. The molecule has 1 aliphatic heterocycles. The number of nitrogens with one attached hydrogen (secondary N) is 1. The van der Waals surface area contributed by atoms with Crippen molar-refractivity contribution in [1.29, 1.82) is 0 Å². The second kappa shape index (κ2) is 7.06. The van der Waals surface area contributed by atoms with E-state index >= 15 is 0 Å². The smallest absolute Gasteiger partial charge is 0.0703 e. The second-order valence-electron chi connectivity index (χ2n) is 7.57. The Hall–Kier alpha value is -2.43. The molecule has 0 amide bonds. The summed E-state index contributed by atoms with van der Waals surface area (Å²) in [6.45, 7) is 6.69. The molecule has 3 aromatic rings. The van der Waals surface area contributed by atoms with Crippen molar-refractivity contribution in [1.82, 2.24) is 10.3 Å². The number of nitrogens with zero attached hydrogens (tertiary/aromatic N) is 2. The summed E-state index contributed by atoms with van der Waals surface area (Å²) in [6, 6.07) is 21.3. The average molecular weight is 347 g/mol. The molecule has 2 aromatic carbocycles. The SMILES string of the molecule is CC1(C)COCC(CN(c2ccccc2)c2ccc3ncccc3c2)N1. The summed E-state index contributed by atoms with van der Waals surface area (Å²) in [5.41, 5.74) is 3.37. The minimum absolute atomic E-state index is 0.00141. The van der Waals surface area contributed by atoms with E-state index < -0.39 is 0 Å². The van der Waals surface area contributed by atoms with Gasteiger partial charge in [-0.05, 0) is 50.2 Å². The van der Waals surface area contributed by atoms with Crippen molar-refractivity contribution >= 4 is 22.3 Å². The number of hydrogen-bond acceptors (Lipinski definition) is 4. The quantitative estimate of drug-likeness (QED) is 0.770. The number of benzene rings is 2. The molecule has 1 atom stereocenters. The Kier molecular flexibility index (Phi) is 4.62. The van der Waals surface area contributed by atoms with Crippen LogP contribution in [0, 0.1) is 0 Å². The molecule has 4 heteroatoms. The van der Waals surface area contributed by atoms with Crippen LogP contribution >= 0.6 is 0 Å². The van der Waals surface area contributed by atoms with Crippen molar-refractivity contribution in [3.63, 3.8) is 0 Å². The molecule has 1 unspecified atom stereocenters. The Labute approximate surface area is 154 Å². The van der Waals surface area contributed by atoms with Crippen LogP contribution in [0.2, 0.25) is 0 Å². The molecule has 4 rings (SSSR count). The lowest BCUT2D eigenvalue weighted by Crippen LogP contribution is -2.58. The molecule has 1 N–H and O–H groups in total. The van der Waals surface area contributed by atoms with E-state index in [9.17, 15) is 0 Å². The van der Waals surface area contributed by atoms with Gasteiger partial charge in [0.05, 0.1) is 18.7 Å². The Morgan fingerprint density at radius 1 is 1.08 bits per heavy atom. The van der Waals surface area contributed by atoms with E-state index in [-0.39, 0.29) is 11.6 Å². The first kappa shape index (κ1) is 17.0. The highest BCUT2D eigenvalue weighted by atomic mass is 16.5. The van der Waals surface area contributed by atoms with Gasteiger partial charge in [-0.3, -0.25) is 4.98 Å². The van der Waals surface area contributed by atoms with Gasteiger partial charge in [-0.25, -0.2) is 0 Å². The van der Waals surface area contributed by atoms with Crippen LogP contribution in [-0.4, -0.2) is 36.3 Å². The molecular formula is C22H25N3O. The molecule has 134 valence electrons. The maximum absolute atomic E-state index is 5.84. The van der Waals surface area contributed by atoms with Gasteiger partial charge >= 0.3 is 0 Å². The maximum Gasteiger partial charge on any atom is 0.0703 e. The van der Waals surface area contributed by atoms with E-state index in [1.807, 2.05) is 12.3 Å². The number of pyridine rings is 1. The van der Waals surface area contributed by atoms with Gasteiger partial charge < -0.3 is 15.0 Å². The van der Waals surface area contributed by atoms with Crippen LogP contribution in [0.15, 0.2) is 66.9 Å². The normalized spacial score (nSPS) is 19.4. The van der Waals surface area contributed by atoms with Gasteiger partial charge in [0, 0.05) is 41.1 Å². The fourth-order valence-corrected chi connectivity index (χ4v) is 3.61. The Bertz CT molecular complexity index is 879. The molecule has 0 spiro atoms. The van der Waals surface area contributed by atoms with Crippen LogP contribution in [0.25, 0.3) is 10.9 Å². The van der Waals surface area contributed by atoms with Crippen LogP contribution in [0.1, 0.15) is 13.8 Å². The van der Waals surface area contributed by atoms with E-state index in [0.717, 1.165) is 30.7 Å². The standard InChI is InChI=1S/C22H25N3O/c1-22(2)16-26-15-18(24-22)14-25(19-8-4-3-5-9-19)20-10-11-21-17(13-20)7-6-12-23-21/h3-13,18,24H,14-16H2,1-2H3. The van der Waals surface area contributed by atoms with Crippen molar-refractivity contribution in [2.75, 3.05) is 24.7 Å². The Morgan fingerprint density at radius 3 is 2.73 bits per heavy atom. The van der Waals surface area contributed by atoms with E-state index in [1.165, 1.54) is 11.4 Å². The van der Waals surface area contributed by atoms with E-state index in [2.05, 4.69) is 83.6 Å². The van der Waals surface area contributed by atoms with Crippen molar-refractivity contribution in [3.05, 3.63) is 66.9 Å². The summed E-state index contributed by atoms with van der Waals surface area (Å²) in [4.78, 5) is 6.79. The summed E-state index contributed by atoms with van der Waals surface area (Å²) in [7, 11) is 0. The highest BCUT2D eigenvalue weighted by Crippen LogP contribution is 2.28. The molecule has 2 heterocycles. The Balaban J connectivity index is 1.68. The van der Waals surface area contributed by atoms with Crippen LogP contribution in [0.5, 0.6) is 0 Å². The van der Waals surface area contributed by atoms with Crippen molar-refractivity contribution in [3.8, 4) is 0 Å². The number of morpholine rings is 1. The molecule has 1 aliphatic rings. The number of ether oxygens (including phenoxy) is 1. The third-order valence-electron chi connectivity index (χ3n) is 4.75. The fraction of sp³-hybridized carbons (Fsp3) is 0.318. The number of hydrogen-bond donors (Lipinski definition) is 1. The molecule has 0 bridgehead atoms. The molecule has 1 fully saturated rings. The second-order valence-corrected chi connectivity index (χ2v) is 7.57. The zero-order chi connectivity index (χ0) is 18.0. The van der Waals surface area contributed by atoms with Crippen LogP contribution in [0.4, 0.5) is 11.4 Å². The lowest BCUT2D eigenvalue weighted by molar-refractivity contribution is 0.0157. The number of para-hydroxylation sites is 1. The zero-order valence-electron chi connectivity index (χ0n) is 15.4. The van der Waals surface area contributed by atoms with Gasteiger partial charge in [-0.15, -0.1) is 0 Å². The van der Waals surface area contributed by atoms with Crippen LogP contribution < -0.4 is 10.2 Å². The van der Waals surface area contributed by atoms with Gasteiger partial charge in [0.2, 0.25) is 0 Å². The first-order valence-electron chi connectivity index (χ1n) is 9.14. The van der Waals surface area contributed by atoms with Gasteiger partial charge in [0.25, 0.3) is 0 Å². The molecule has 4 nitrogen and oxygen atoms in total. The first-order valence-corrected chi connectivity index (χ1v) is 9.14. The van der Waals surface area contributed by atoms with E-state index in [1.54, 1.807) is 0 Å². The van der Waals surface area contributed by atoms with Gasteiger partial charge in [0.1, 0.15) is 0 Å². The van der Waals surface area contributed by atoms with Crippen LogP contribution in [0.3, 0.4) is 0 Å². The largest absolute Gasteiger partial charge is 0.378 e. The average Bonchev–Trinajstić information content (AvgIpc) is 2.66. The number of fused-ring (bicyclic) bond motifs is 1. The molecule has 0 radical (unpaired) electrons.